The number of aryl methyl sites for hydroxylation is 1. The second-order valence-electron chi connectivity index (χ2n) is 3.08. The van der Waals surface area contributed by atoms with Crippen molar-refractivity contribution < 1.29 is 0 Å². The van der Waals surface area contributed by atoms with Crippen LogP contribution >= 0.6 is 0 Å². The molecule has 0 N–H and O–H groups in total. The van der Waals surface area contributed by atoms with E-state index >= 15 is 0 Å². The molecule has 0 saturated heterocycles. The molecular weight excluding hydrogens is 146 g/mol. The minimum absolute atomic E-state index is 0.816. The van der Waals surface area contributed by atoms with Gasteiger partial charge in [0, 0.05) is 11.9 Å². The van der Waals surface area contributed by atoms with Gasteiger partial charge in [-0.05, 0) is 38.8 Å². The number of hydrogen-bond acceptors (Lipinski definition) is 0. The van der Waals surface area contributed by atoms with Crippen LogP contribution in [0.2, 0.25) is 0 Å². The first-order chi connectivity index (χ1) is 5.66. The minimum atomic E-state index is 0.816. The van der Waals surface area contributed by atoms with Gasteiger partial charge in [0.15, 0.2) is 0 Å². The van der Waals surface area contributed by atoms with Gasteiger partial charge in [0.1, 0.15) is 0 Å². The summed E-state index contributed by atoms with van der Waals surface area (Å²) < 4.78 is 2.20. The van der Waals surface area contributed by atoms with Gasteiger partial charge in [0.05, 0.1) is 6.54 Å². The highest BCUT2D eigenvalue weighted by molar-refractivity contribution is 5.29. The number of hydrogen-bond donors (Lipinski definition) is 0. The zero-order chi connectivity index (χ0) is 9.14. The standard InChI is InChI=1S/C11H15N/c1-5-6-7-12-8-9(2)10(3)11(12)4/h8H,7H2,1-4H3. The van der Waals surface area contributed by atoms with Gasteiger partial charge in [-0.15, -0.1) is 5.92 Å². The highest BCUT2D eigenvalue weighted by Gasteiger charge is 2.02. The quantitative estimate of drug-likeness (QED) is 0.557. The molecule has 0 aromatic carbocycles. The molecule has 0 fully saturated rings. The molecule has 1 rings (SSSR count). The van der Waals surface area contributed by atoms with E-state index in [0.717, 1.165) is 6.54 Å². The zero-order valence-electron chi connectivity index (χ0n) is 8.23. The molecule has 0 radical (unpaired) electrons. The Kier molecular flexibility index (Phi) is 2.60. The van der Waals surface area contributed by atoms with Crippen LogP contribution in [-0.4, -0.2) is 4.57 Å². The normalized spacial score (nSPS) is 9.33. The molecule has 64 valence electrons. The van der Waals surface area contributed by atoms with Gasteiger partial charge in [-0.3, -0.25) is 0 Å². The third-order valence-electron chi connectivity index (χ3n) is 2.34. The highest BCUT2D eigenvalue weighted by Crippen LogP contribution is 2.13. The van der Waals surface area contributed by atoms with Crippen molar-refractivity contribution in [3.8, 4) is 11.8 Å². The lowest BCUT2D eigenvalue weighted by Gasteiger charge is -1.99. The minimum Gasteiger partial charge on any atom is -0.340 e. The summed E-state index contributed by atoms with van der Waals surface area (Å²) in [4.78, 5) is 0. The van der Waals surface area contributed by atoms with Crippen molar-refractivity contribution in [2.75, 3.05) is 0 Å². The van der Waals surface area contributed by atoms with Gasteiger partial charge in [0.2, 0.25) is 0 Å². The van der Waals surface area contributed by atoms with Gasteiger partial charge in [-0.1, -0.05) is 5.92 Å². The van der Waals surface area contributed by atoms with Crippen LogP contribution in [0.25, 0.3) is 0 Å². The van der Waals surface area contributed by atoms with Crippen molar-refractivity contribution in [2.45, 2.75) is 34.2 Å². The monoisotopic (exact) mass is 161 g/mol. The van der Waals surface area contributed by atoms with E-state index in [2.05, 4.69) is 43.4 Å². The Morgan fingerprint density at radius 3 is 2.42 bits per heavy atom. The molecule has 0 amide bonds. The van der Waals surface area contributed by atoms with E-state index in [4.69, 9.17) is 0 Å². The van der Waals surface area contributed by atoms with Crippen LogP contribution in [0.3, 0.4) is 0 Å². The lowest BCUT2D eigenvalue weighted by molar-refractivity contribution is 0.810. The Bertz CT molecular complexity index is 334. The average molecular weight is 161 g/mol. The fourth-order valence-corrected chi connectivity index (χ4v) is 1.26. The highest BCUT2D eigenvalue weighted by atomic mass is 15.0. The van der Waals surface area contributed by atoms with Crippen LogP contribution in [0.15, 0.2) is 6.20 Å². The third-order valence-corrected chi connectivity index (χ3v) is 2.34. The maximum absolute atomic E-state index is 3.06. The molecule has 0 bridgehead atoms. The Labute approximate surface area is 74.4 Å². The zero-order valence-corrected chi connectivity index (χ0v) is 8.23. The predicted molar refractivity (Wildman–Crippen MR) is 52.1 cm³/mol. The number of aromatic nitrogens is 1. The molecule has 0 spiro atoms. The summed E-state index contributed by atoms with van der Waals surface area (Å²) in [5.41, 5.74) is 4.06. The van der Waals surface area contributed by atoms with E-state index in [1.54, 1.807) is 0 Å². The lowest BCUT2D eigenvalue weighted by atomic mass is 10.2. The van der Waals surface area contributed by atoms with Crippen molar-refractivity contribution in [1.29, 1.82) is 0 Å². The summed E-state index contributed by atoms with van der Waals surface area (Å²) in [6.45, 7) is 9.12. The summed E-state index contributed by atoms with van der Waals surface area (Å²) in [5.74, 6) is 5.96. The van der Waals surface area contributed by atoms with Crippen LogP contribution in [0.5, 0.6) is 0 Å². The SMILES string of the molecule is CC#CCn1cc(C)c(C)c1C. The molecule has 1 heterocycles. The third kappa shape index (κ3) is 1.53. The molecule has 0 saturated carbocycles. The molecule has 1 nitrogen and oxygen atoms in total. The summed E-state index contributed by atoms with van der Waals surface area (Å²) in [7, 11) is 0. The topological polar surface area (TPSA) is 4.93 Å². The van der Waals surface area contributed by atoms with Crippen molar-refractivity contribution in [3.05, 3.63) is 23.0 Å². The smallest absolute Gasteiger partial charge is 0.0834 e. The first-order valence-corrected chi connectivity index (χ1v) is 4.19. The van der Waals surface area contributed by atoms with E-state index in [1.807, 2.05) is 6.92 Å². The summed E-state index contributed by atoms with van der Waals surface area (Å²) >= 11 is 0. The van der Waals surface area contributed by atoms with E-state index in [9.17, 15) is 0 Å². The number of rotatable bonds is 1. The molecule has 0 aliphatic carbocycles. The van der Waals surface area contributed by atoms with Crippen molar-refractivity contribution >= 4 is 0 Å². The molecule has 0 unspecified atom stereocenters. The maximum Gasteiger partial charge on any atom is 0.0834 e. The first kappa shape index (κ1) is 8.93. The van der Waals surface area contributed by atoms with E-state index in [0.29, 0.717) is 0 Å². The van der Waals surface area contributed by atoms with Crippen LogP contribution < -0.4 is 0 Å². The number of nitrogens with zero attached hydrogens (tertiary/aromatic N) is 1. The maximum atomic E-state index is 3.06. The lowest BCUT2D eigenvalue weighted by Crippen LogP contribution is -1.95. The molecule has 1 heteroatoms. The Morgan fingerprint density at radius 2 is 2.00 bits per heavy atom. The fraction of sp³-hybridized carbons (Fsp3) is 0.455. The van der Waals surface area contributed by atoms with Crippen LogP contribution in [0.4, 0.5) is 0 Å². The Hall–Kier alpha value is -1.16. The van der Waals surface area contributed by atoms with Gasteiger partial charge in [0.25, 0.3) is 0 Å². The predicted octanol–water partition coefficient (Wildman–Crippen LogP) is 2.44. The van der Waals surface area contributed by atoms with Gasteiger partial charge in [-0.2, -0.15) is 0 Å². The van der Waals surface area contributed by atoms with Crippen LogP contribution in [0.1, 0.15) is 23.7 Å². The van der Waals surface area contributed by atoms with Gasteiger partial charge >= 0.3 is 0 Å². The van der Waals surface area contributed by atoms with Crippen LogP contribution in [-0.2, 0) is 6.54 Å². The van der Waals surface area contributed by atoms with Gasteiger partial charge < -0.3 is 4.57 Å². The average Bonchev–Trinajstić information content (AvgIpc) is 2.30. The largest absolute Gasteiger partial charge is 0.340 e. The van der Waals surface area contributed by atoms with Crippen molar-refractivity contribution in [1.82, 2.24) is 4.57 Å². The summed E-state index contributed by atoms with van der Waals surface area (Å²) in [5, 5.41) is 0. The second kappa shape index (κ2) is 3.49. The Balaban J connectivity index is 2.98. The molecule has 0 aliphatic heterocycles. The van der Waals surface area contributed by atoms with E-state index < -0.39 is 0 Å². The second-order valence-corrected chi connectivity index (χ2v) is 3.08. The van der Waals surface area contributed by atoms with Crippen molar-refractivity contribution in [3.63, 3.8) is 0 Å². The summed E-state index contributed by atoms with van der Waals surface area (Å²) in [6.07, 6.45) is 2.16. The molecule has 1 aromatic rings. The van der Waals surface area contributed by atoms with Crippen molar-refractivity contribution in [2.24, 2.45) is 0 Å². The van der Waals surface area contributed by atoms with E-state index in [1.165, 1.54) is 16.8 Å². The van der Waals surface area contributed by atoms with Crippen LogP contribution in [0, 0.1) is 32.6 Å². The fourth-order valence-electron chi connectivity index (χ4n) is 1.26. The molecule has 12 heavy (non-hydrogen) atoms. The molecule has 0 atom stereocenters. The van der Waals surface area contributed by atoms with E-state index in [-0.39, 0.29) is 0 Å². The molecule has 1 aromatic heterocycles. The summed E-state index contributed by atoms with van der Waals surface area (Å²) in [6, 6.07) is 0. The molecule has 0 aliphatic rings. The van der Waals surface area contributed by atoms with Gasteiger partial charge in [-0.25, -0.2) is 0 Å². The Morgan fingerprint density at radius 1 is 1.33 bits per heavy atom. The molecular formula is C11H15N. The first-order valence-electron chi connectivity index (χ1n) is 4.19.